The fraction of sp³-hybridized carbons (Fsp3) is 0.222. The number of alkyl carbamates (subject to hydrolysis) is 1. The third-order valence-electron chi connectivity index (χ3n) is 2.02. The van der Waals surface area contributed by atoms with Crippen molar-refractivity contribution in [2.24, 2.45) is 0 Å². The second-order valence-electron chi connectivity index (χ2n) is 2.93. The van der Waals surface area contributed by atoms with E-state index < -0.39 is 12.1 Å². The number of nitrogens with one attached hydrogen (secondary N) is 1. The summed E-state index contributed by atoms with van der Waals surface area (Å²) in [5.41, 5.74) is 0.429. The monoisotopic (exact) mass is 259 g/mol. The molecule has 14 heavy (non-hydrogen) atoms. The van der Waals surface area contributed by atoms with Crippen molar-refractivity contribution in [1.29, 1.82) is 0 Å². The van der Waals surface area contributed by atoms with Crippen LogP contribution in [0.2, 0.25) is 0 Å². The van der Waals surface area contributed by atoms with Gasteiger partial charge in [0, 0.05) is 10.0 Å². The Hall–Kier alpha value is -1.10. The van der Waals surface area contributed by atoms with Crippen molar-refractivity contribution >= 4 is 22.0 Å². The molecule has 1 aromatic rings. The van der Waals surface area contributed by atoms with E-state index in [1.807, 2.05) is 0 Å². The van der Waals surface area contributed by atoms with Crippen LogP contribution in [0.1, 0.15) is 11.6 Å². The molecule has 0 aromatic heterocycles. The maximum atomic E-state index is 13.4. The lowest BCUT2D eigenvalue weighted by Gasteiger charge is -2.10. The second-order valence-corrected chi connectivity index (χ2v) is 3.79. The van der Waals surface area contributed by atoms with Gasteiger partial charge >= 0.3 is 6.09 Å². The predicted molar refractivity (Wildman–Crippen MR) is 51.3 cm³/mol. The Balaban J connectivity index is 2.36. The molecule has 5 heteroatoms. The average Bonchev–Trinajstić information content (AvgIpc) is 2.51. The van der Waals surface area contributed by atoms with E-state index in [2.05, 4.69) is 21.2 Å². The molecule has 0 bridgehead atoms. The number of amides is 1. The molecule has 1 N–H and O–H groups in total. The highest BCUT2D eigenvalue weighted by Gasteiger charge is 2.27. The van der Waals surface area contributed by atoms with Gasteiger partial charge in [-0.1, -0.05) is 22.0 Å². The number of cyclic esters (lactones) is 1. The lowest BCUT2D eigenvalue weighted by Crippen LogP contribution is -2.19. The summed E-state index contributed by atoms with van der Waals surface area (Å²) in [5.74, 6) is -0.352. The van der Waals surface area contributed by atoms with Gasteiger partial charge in [-0.2, -0.15) is 0 Å². The Bertz CT molecular complexity index is 363. The lowest BCUT2D eigenvalue weighted by atomic mass is 10.1. The van der Waals surface area contributed by atoms with E-state index in [9.17, 15) is 9.18 Å². The number of hydrogen-bond acceptors (Lipinski definition) is 2. The van der Waals surface area contributed by atoms with Crippen molar-refractivity contribution in [3.05, 3.63) is 34.1 Å². The summed E-state index contributed by atoms with van der Waals surface area (Å²) in [6.07, 6.45) is -0.509. The van der Waals surface area contributed by atoms with Crippen LogP contribution in [-0.4, -0.2) is 12.7 Å². The first-order valence-electron chi connectivity index (χ1n) is 4.05. The third-order valence-corrected chi connectivity index (χ3v) is 2.71. The molecule has 1 saturated heterocycles. The molecule has 1 fully saturated rings. The van der Waals surface area contributed by atoms with Crippen LogP contribution in [0.4, 0.5) is 9.18 Å². The van der Waals surface area contributed by atoms with Gasteiger partial charge in [0.15, 0.2) is 0 Å². The molecular weight excluding hydrogens is 253 g/mol. The van der Waals surface area contributed by atoms with E-state index in [4.69, 9.17) is 4.74 Å². The number of ether oxygens (including phenoxy) is 1. The summed E-state index contributed by atoms with van der Waals surface area (Å²) in [5, 5.41) is 2.52. The first-order chi connectivity index (χ1) is 6.68. The molecule has 1 aliphatic heterocycles. The van der Waals surface area contributed by atoms with E-state index in [-0.39, 0.29) is 12.4 Å². The normalized spacial score (nSPS) is 20.4. The molecule has 1 atom stereocenters. The molecule has 1 aliphatic rings. The number of rotatable bonds is 1. The van der Waals surface area contributed by atoms with Crippen molar-refractivity contribution in [3.8, 4) is 0 Å². The Morgan fingerprint density at radius 1 is 1.57 bits per heavy atom. The highest BCUT2D eigenvalue weighted by molar-refractivity contribution is 9.10. The molecule has 74 valence electrons. The third kappa shape index (κ3) is 1.59. The van der Waals surface area contributed by atoms with Crippen molar-refractivity contribution in [1.82, 2.24) is 5.32 Å². The zero-order valence-electron chi connectivity index (χ0n) is 7.09. The van der Waals surface area contributed by atoms with Crippen molar-refractivity contribution in [2.45, 2.75) is 6.04 Å². The van der Waals surface area contributed by atoms with Crippen LogP contribution >= 0.6 is 15.9 Å². The summed E-state index contributed by atoms with van der Waals surface area (Å²) in [6.45, 7) is 0.165. The number of benzene rings is 1. The molecule has 1 amide bonds. The summed E-state index contributed by atoms with van der Waals surface area (Å²) in [7, 11) is 0. The Kier molecular flexibility index (Phi) is 2.41. The highest BCUT2D eigenvalue weighted by atomic mass is 79.9. The van der Waals surface area contributed by atoms with Crippen LogP contribution in [0.5, 0.6) is 0 Å². The molecule has 3 nitrogen and oxygen atoms in total. The highest BCUT2D eigenvalue weighted by Crippen LogP contribution is 2.28. The Morgan fingerprint density at radius 3 is 2.93 bits per heavy atom. The SMILES string of the molecule is O=C1N[C@@H](c2c(F)cccc2Br)CO1. The van der Waals surface area contributed by atoms with Gasteiger partial charge in [0.05, 0.1) is 6.04 Å². The fourth-order valence-corrected chi connectivity index (χ4v) is 2.00. The minimum Gasteiger partial charge on any atom is -0.447 e. The van der Waals surface area contributed by atoms with E-state index in [0.717, 1.165) is 0 Å². The van der Waals surface area contributed by atoms with E-state index in [0.29, 0.717) is 10.0 Å². The summed E-state index contributed by atoms with van der Waals surface area (Å²) in [4.78, 5) is 10.8. The maximum absolute atomic E-state index is 13.4. The summed E-state index contributed by atoms with van der Waals surface area (Å²) < 4.78 is 18.7. The summed E-state index contributed by atoms with van der Waals surface area (Å²) in [6, 6.07) is 4.27. The van der Waals surface area contributed by atoms with Gasteiger partial charge in [0.2, 0.25) is 0 Å². The number of hydrogen-bond donors (Lipinski definition) is 1. The first kappa shape index (κ1) is 9.45. The van der Waals surface area contributed by atoms with E-state index in [1.54, 1.807) is 12.1 Å². The summed E-state index contributed by atoms with van der Waals surface area (Å²) >= 11 is 3.23. The Labute approximate surface area is 88.4 Å². The average molecular weight is 260 g/mol. The molecule has 0 unspecified atom stereocenters. The minimum absolute atomic E-state index is 0.165. The molecular formula is C9H7BrFNO2. The molecule has 2 rings (SSSR count). The molecule has 0 spiro atoms. The number of halogens is 2. The van der Waals surface area contributed by atoms with Gasteiger partial charge in [-0.25, -0.2) is 9.18 Å². The molecule has 0 saturated carbocycles. The largest absolute Gasteiger partial charge is 0.447 e. The quantitative estimate of drug-likeness (QED) is 0.841. The minimum atomic E-state index is -0.509. The standard InChI is InChI=1S/C9H7BrFNO2/c10-5-2-1-3-6(11)8(5)7-4-14-9(13)12-7/h1-3,7H,4H2,(H,12,13)/t7-/m1/s1. The smallest absolute Gasteiger partial charge is 0.407 e. The van der Waals surface area contributed by atoms with Gasteiger partial charge in [-0.15, -0.1) is 0 Å². The van der Waals surface area contributed by atoms with Gasteiger partial charge in [0.25, 0.3) is 0 Å². The topological polar surface area (TPSA) is 38.3 Å². The van der Waals surface area contributed by atoms with Crippen molar-refractivity contribution in [3.63, 3.8) is 0 Å². The second kappa shape index (κ2) is 3.57. The van der Waals surface area contributed by atoms with Gasteiger partial charge < -0.3 is 10.1 Å². The maximum Gasteiger partial charge on any atom is 0.407 e. The molecule has 0 aliphatic carbocycles. The zero-order valence-corrected chi connectivity index (χ0v) is 8.67. The van der Waals surface area contributed by atoms with Crippen LogP contribution in [0.25, 0.3) is 0 Å². The van der Waals surface area contributed by atoms with Gasteiger partial charge in [-0.05, 0) is 12.1 Å². The van der Waals surface area contributed by atoms with Crippen LogP contribution < -0.4 is 5.32 Å². The van der Waals surface area contributed by atoms with E-state index >= 15 is 0 Å². The molecule has 1 heterocycles. The fourth-order valence-electron chi connectivity index (χ4n) is 1.38. The van der Waals surface area contributed by atoms with Crippen LogP contribution in [0, 0.1) is 5.82 Å². The number of carbonyl (C=O) groups excluding carboxylic acids is 1. The van der Waals surface area contributed by atoms with Gasteiger partial charge in [-0.3, -0.25) is 0 Å². The zero-order chi connectivity index (χ0) is 10.1. The van der Waals surface area contributed by atoms with Crippen molar-refractivity contribution < 1.29 is 13.9 Å². The van der Waals surface area contributed by atoms with Gasteiger partial charge in [0.1, 0.15) is 12.4 Å². The lowest BCUT2D eigenvalue weighted by molar-refractivity contribution is 0.176. The first-order valence-corrected chi connectivity index (χ1v) is 4.85. The predicted octanol–water partition coefficient (Wildman–Crippen LogP) is 2.37. The van der Waals surface area contributed by atoms with E-state index in [1.165, 1.54) is 6.07 Å². The van der Waals surface area contributed by atoms with Crippen LogP contribution in [0.3, 0.4) is 0 Å². The Morgan fingerprint density at radius 2 is 2.36 bits per heavy atom. The molecule has 0 radical (unpaired) electrons. The molecule has 1 aromatic carbocycles. The van der Waals surface area contributed by atoms with Crippen molar-refractivity contribution in [2.75, 3.05) is 6.61 Å². The number of carbonyl (C=O) groups is 1. The van der Waals surface area contributed by atoms with Crippen LogP contribution in [0.15, 0.2) is 22.7 Å². The van der Waals surface area contributed by atoms with Crippen LogP contribution in [-0.2, 0) is 4.74 Å².